The fourth-order valence-corrected chi connectivity index (χ4v) is 5.05. The normalized spacial score (nSPS) is 18.2. The Morgan fingerprint density at radius 2 is 1.60 bits per heavy atom. The van der Waals surface area contributed by atoms with E-state index in [2.05, 4.69) is 37.8 Å². The van der Waals surface area contributed by atoms with Crippen LogP contribution in [0.5, 0.6) is 23.0 Å². The van der Waals surface area contributed by atoms with E-state index in [1.165, 1.54) is 0 Å². The molecule has 2 aromatic rings. The highest BCUT2D eigenvalue weighted by Crippen LogP contribution is 2.45. The molecule has 0 aliphatic carbocycles. The van der Waals surface area contributed by atoms with Crippen LogP contribution in [-0.2, 0) is 4.74 Å². The molecule has 2 aliphatic rings. The van der Waals surface area contributed by atoms with Crippen LogP contribution in [0.3, 0.4) is 0 Å². The summed E-state index contributed by atoms with van der Waals surface area (Å²) in [6.45, 7) is 9.63. The fourth-order valence-electron chi connectivity index (χ4n) is 5.05. The highest BCUT2D eigenvalue weighted by molar-refractivity contribution is 5.65. The van der Waals surface area contributed by atoms with Gasteiger partial charge in [-0.2, -0.15) is 5.26 Å². The average Bonchev–Trinajstić information content (AvgIpc) is 2.98. The summed E-state index contributed by atoms with van der Waals surface area (Å²) in [4.78, 5) is 2.32. The minimum atomic E-state index is -0.375. The third-order valence-corrected chi connectivity index (χ3v) is 7.03. The van der Waals surface area contributed by atoms with Crippen molar-refractivity contribution in [1.82, 2.24) is 4.90 Å². The molecule has 0 aromatic heterocycles. The Balaban J connectivity index is 1.81. The summed E-state index contributed by atoms with van der Waals surface area (Å²) in [6.07, 6.45) is 3.89. The van der Waals surface area contributed by atoms with E-state index >= 15 is 0 Å². The second-order valence-corrected chi connectivity index (χ2v) is 9.77. The molecule has 1 atom stereocenters. The molecule has 0 amide bonds. The first-order valence-corrected chi connectivity index (χ1v) is 13.8. The van der Waals surface area contributed by atoms with Crippen molar-refractivity contribution < 1.29 is 23.7 Å². The number of likely N-dealkylation sites (N-methyl/N-ethyl adjacent to an activating group) is 1. The van der Waals surface area contributed by atoms with Crippen molar-refractivity contribution in [2.75, 3.05) is 47.1 Å². The predicted molar refractivity (Wildman–Crippen MR) is 155 cm³/mol. The molecule has 8 heteroatoms. The van der Waals surface area contributed by atoms with Crippen LogP contribution >= 0.6 is 0 Å². The molecule has 0 fully saturated rings. The fraction of sp³-hybridized carbons (Fsp3) is 0.406. The summed E-state index contributed by atoms with van der Waals surface area (Å²) in [7, 11) is 3.26. The lowest BCUT2D eigenvalue weighted by atomic mass is 9.80. The van der Waals surface area contributed by atoms with Gasteiger partial charge in [-0.3, -0.25) is 4.90 Å². The lowest BCUT2D eigenvalue weighted by Crippen LogP contribution is -2.38. The third kappa shape index (κ3) is 6.05. The van der Waals surface area contributed by atoms with Crippen LogP contribution in [0.4, 0.5) is 0 Å². The van der Waals surface area contributed by atoms with Crippen molar-refractivity contribution in [2.24, 2.45) is 5.73 Å². The monoisotopic (exact) mass is 545 g/mol. The van der Waals surface area contributed by atoms with Crippen LogP contribution in [0.15, 0.2) is 64.8 Å². The number of nitrogens with zero attached hydrogens (tertiary/aromatic N) is 2. The predicted octanol–water partition coefficient (Wildman–Crippen LogP) is 5.76. The maximum absolute atomic E-state index is 10.1. The smallest absolute Gasteiger partial charge is 0.205 e. The quantitative estimate of drug-likeness (QED) is 0.380. The van der Waals surface area contributed by atoms with Gasteiger partial charge in [0.2, 0.25) is 5.88 Å². The number of methoxy groups -OCH3 is 2. The summed E-state index contributed by atoms with van der Waals surface area (Å²) >= 11 is 0. The van der Waals surface area contributed by atoms with E-state index in [-0.39, 0.29) is 11.8 Å². The van der Waals surface area contributed by atoms with E-state index in [1.54, 1.807) is 14.2 Å². The second-order valence-electron chi connectivity index (χ2n) is 9.77. The van der Waals surface area contributed by atoms with E-state index in [0.717, 1.165) is 41.7 Å². The zero-order valence-electron chi connectivity index (χ0n) is 24.1. The molecule has 0 saturated carbocycles. The Morgan fingerprint density at radius 1 is 0.950 bits per heavy atom. The summed E-state index contributed by atoms with van der Waals surface area (Å²) in [6, 6.07) is 14.0. The van der Waals surface area contributed by atoms with E-state index < -0.39 is 0 Å². The van der Waals surface area contributed by atoms with Crippen molar-refractivity contribution in [2.45, 2.75) is 39.5 Å². The molecule has 40 heavy (non-hydrogen) atoms. The molecule has 0 radical (unpaired) electrons. The maximum Gasteiger partial charge on any atom is 0.205 e. The Hall–Kier alpha value is -4.09. The molecule has 4 rings (SSSR count). The molecule has 1 unspecified atom stereocenters. The molecule has 0 bridgehead atoms. The third-order valence-electron chi connectivity index (χ3n) is 7.03. The van der Waals surface area contributed by atoms with Crippen LogP contribution in [0.2, 0.25) is 0 Å². The van der Waals surface area contributed by atoms with Gasteiger partial charge in [0.1, 0.15) is 17.4 Å². The van der Waals surface area contributed by atoms with Crippen molar-refractivity contribution in [1.29, 1.82) is 5.26 Å². The highest BCUT2D eigenvalue weighted by Gasteiger charge is 2.38. The molecular weight excluding hydrogens is 506 g/mol. The van der Waals surface area contributed by atoms with E-state index in [1.807, 2.05) is 36.4 Å². The second kappa shape index (κ2) is 13.3. The van der Waals surface area contributed by atoms with Gasteiger partial charge in [-0.1, -0.05) is 32.9 Å². The number of hydrogen-bond acceptors (Lipinski definition) is 8. The summed E-state index contributed by atoms with van der Waals surface area (Å²) < 4.78 is 29.2. The Labute approximate surface area is 237 Å². The number of nitriles is 1. The van der Waals surface area contributed by atoms with Crippen molar-refractivity contribution in [3.8, 4) is 29.1 Å². The topological polar surface area (TPSA) is 99.2 Å². The molecule has 0 saturated heterocycles. The molecule has 2 aliphatic heterocycles. The number of rotatable bonds is 11. The first-order chi connectivity index (χ1) is 19.5. The minimum absolute atomic E-state index is 0.119. The Kier molecular flexibility index (Phi) is 9.62. The van der Waals surface area contributed by atoms with Crippen LogP contribution in [-0.4, -0.2) is 52.0 Å². The lowest BCUT2D eigenvalue weighted by Gasteiger charge is -2.38. The standard InChI is InChI=1S/C32H39N3O5/c1-6-13-38-26-11-9-21(16-28(26)36-4)15-23-19-35(8-3)20-25-30(24(18-33)32(34)40-31(23)25)22-10-12-27(39-14-7-2)29(17-22)37-5/h9-12,15-17,30H,6-8,13-14,19-20,34H2,1-5H3/b23-15+. The molecule has 0 spiro atoms. The van der Waals surface area contributed by atoms with E-state index in [4.69, 9.17) is 29.4 Å². The van der Waals surface area contributed by atoms with E-state index in [0.29, 0.717) is 60.6 Å². The van der Waals surface area contributed by atoms with Crippen LogP contribution in [0.25, 0.3) is 6.08 Å². The lowest BCUT2D eigenvalue weighted by molar-refractivity contribution is 0.239. The Morgan fingerprint density at radius 3 is 2.20 bits per heavy atom. The van der Waals surface area contributed by atoms with Gasteiger partial charge in [-0.25, -0.2) is 0 Å². The number of hydrogen-bond donors (Lipinski definition) is 1. The van der Waals surface area contributed by atoms with Gasteiger partial charge in [0, 0.05) is 18.7 Å². The van der Waals surface area contributed by atoms with Crippen LogP contribution in [0.1, 0.15) is 50.7 Å². The summed E-state index contributed by atoms with van der Waals surface area (Å²) in [5, 5.41) is 10.1. The highest BCUT2D eigenvalue weighted by atomic mass is 16.5. The van der Waals surface area contributed by atoms with Gasteiger partial charge in [0.15, 0.2) is 23.0 Å². The average molecular weight is 546 g/mol. The molecule has 2 N–H and O–H groups in total. The molecule has 2 aromatic carbocycles. The number of ether oxygens (including phenoxy) is 5. The van der Waals surface area contributed by atoms with Crippen LogP contribution < -0.4 is 24.7 Å². The first kappa shape index (κ1) is 28.9. The van der Waals surface area contributed by atoms with Gasteiger partial charge in [-0.05, 0) is 66.4 Å². The summed E-state index contributed by atoms with van der Waals surface area (Å²) in [5.74, 6) is 3.13. The number of nitrogens with two attached hydrogens (primary N) is 1. The van der Waals surface area contributed by atoms with Crippen molar-refractivity contribution in [3.63, 3.8) is 0 Å². The number of benzene rings is 2. The number of allylic oxidation sites excluding steroid dienone is 1. The molecule has 8 nitrogen and oxygen atoms in total. The molecular formula is C32H39N3O5. The van der Waals surface area contributed by atoms with Crippen molar-refractivity contribution >= 4 is 6.08 Å². The maximum atomic E-state index is 10.1. The SMILES string of the molecule is CCCOc1ccc(/C=C2\CN(CC)CC3=C2OC(N)=C(C#N)C3c2ccc(OCCC)c(OC)c2)cc1OC. The zero-order chi connectivity index (χ0) is 28.6. The van der Waals surface area contributed by atoms with Gasteiger partial charge in [0.25, 0.3) is 0 Å². The van der Waals surface area contributed by atoms with Gasteiger partial charge < -0.3 is 29.4 Å². The largest absolute Gasteiger partial charge is 0.493 e. The first-order valence-electron chi connectivity index (χ1n) is 13.8. The van der Waals surface area contributed by atoms with Gasteiger partial charge in [0.05, 0.1) is 33.4 Å². The minimum Gasteiger partial charge on any atom is -0.493 e. The molecule has 2 heterocycles. The zero-order valence-corrected chi connectivity index (χ0v) is 24.1. The molecule has 212 valence electrons. The summed E-state index contributed by atoms with van der Waals surface area (Å²) in [5.41, 5.74) is 10.6. The van der Waals surface area contributed by atoms with Crippen molar-refractivity contribution in [3.05, 3.63) is 75.9 Å². The van der Waals surface area contributed by atoms with Crippen LogP contribution in [0, 0.1) is 11.3 Å². The Bertz CT molecular complexity index is 1350. The van der Waals surface area contributed by atoms with E-state index in [9.17, 15) is 5.26 Å². The van der Waals surface area contributed by atoms with Gasteiger partial charge in [-0.15, -0.1) is 0 Å². The van der Waals surface area contributed by atoms with Gasteiger partial charge >= 0.3 is 0 Å².